The van der Waals surface area contributed by atoms with Gasteiger partial charge in [0, 0.05) is 26.7 Å². The van der Waals surface area contributed by atoms with Crippen molar-refractivity contribution in [1.82, 2.24) is 9.80 Å². The van der Waals surface area contributed by atoms with Crippen molar-refractivity contribution in [1.29, 1.82) is 0 Å². The van der Waals surface area contributed by atoms with Crippen molar-refractivity contribution in [3.05, 3.63) is 0 Å². The van der Waals surface area contributed by atoms with Crippen molar-refractivity contribution in [3.63, 3.8) is 0 Å². The Kier molecular flexibility index (Phi) is 5.95. The fraction of sp³-hybridized carbons (Fsp3) is 0.846. The highest BCUT2D eigenvalue weighted by molar-refractivity contribution is 5.75. The van der Waals surface area contributed by atoms with Gasteiger partial charge in [-0.15, -0.1) is 0 Å². The number of amides is 2. The van der Waals surface area contributed by atoms with Gasteiger partial charge in [0.2, 0.25) is 0 Å². The number of nitrogens with zero attached hydrogens (tertiary/aromatic N) is 2. The molecule has 18 heavy (non-hydrogen) atoms. The molecule has 1 fully saturated rings. The minimum absolute atomic E-state index is 0.0370. The van der Waals surface area contributed by atoms with Crippen molar-refractivity contribution in [2.24, 2.45) is 5.92 Å². The lowest BCUT2D eigenvalue weighted by molar-refractivity contribution is -0.141. The Balaban J connectivity index is 2.47. The Hall–Kier alpha value is -1.26. The molecule has 1 N–H and O–H groups in total. The lowest BCUT2D eigenvalue weighted by Gasteiger charge is -2.30. The van der Waals surface area contributed by atoms with Crippen molar-refractivity contribution in [2.45, 2.75) is 39.0 Å². The van der Waals surface area contributed by atoms with Gasteiger partial charge in [0.05, 0.1) is 5.92 Å². The number of carboxylic acids is 1. The highest BCUT2D eigenvalue weighted by Crippen LogP contribution is 2.12. The van der Waals surface area contributed by atoms with E-state index < -0.39 is 11.9 Å². The predicted octanol–water partition coefficient (Wildman–Crippen LogP) is 2.02. The molecule has 104 valence electrons. The average molecular weight is 256 g/mol. The van der Waals surface area contributed by atoms with Crippen LogP contribution in [0.3, 0.4) is 0 Å². The molecule has 0 aromatic rings. The maximum absolute atomic E-state index is 12.2. The van der Waals surface area contributed by atoms with E-state index in [9.17, 15) is 9.59 Å². The van der Waals surface area contributed by atoms with Gasteiger partial charge >= 0.3 is 12.0 Å². The summed E-state index contributed by atoms with van der Waals surface area (Å²) < 4.78 is 0. The molecule has 0 aliphatic carbocycles. The number of urea groups is 1. The highest BCUT2D eigenvalue weighted by Gasteiger charge is 2.22. The molecule has 1 atom stereocenters. The summed E-state index contributed by atoms with van der Waals surface area (Å²) in [5, 5.41) is 8.85. The first kappa shape index (κ1) is 14.8. The zero-order valence-corrected chi connectivity index (χ0v) is 11.4. The van der Waals surface area contributed by atoms with E-state index in [1.54, 1.807) is 14.0 Å². The number of aliphatic carboxylic acids is 1. The zero-order chi connectivity index (χ0) is 13.5. The topological polar surface area (TPSA) is 60.9 Å². The van der Waals surface area contributed by atoms with E-state index in [4.69, 9.17) is 5.11 Å². The Bertz CT molecular complexity index is 286. The Morgan fingerprint density at radius 3 is 2.17 bits per heavy atom. The van der Waals surface area contributed by atoms with Crippen LogP contribution in [0.25, 0.3) is 0 Å². The fourth-order valence-corrected chi connectivity index (χ4v) is 2.25. The third-order valence-electron chi connectivity index (χ3n) is 3.42. The molecule has 1 heterocycles. The first-order valence-electron chi connectivity index (χ1n) is 6.75. The van der Waals surface area contributed by atoms with Gasteiger partial charge in [-0.25, -0.2) is 4.79 Å². The van der Waals surface area contributed by atoms with Crippen LogP contribution in [-0.4, -0.2) is 53.6 Å². The first-order valence-corrected chi connectivity index (χ1v) is 6.75. The molecule has 1 unspecified atom stereocenters. The summed E-state index contributed by atoms with van der Waals surface area (Å²) in [6, 6.07) is -0.0370. The average Bonchev–Trinajstić information content (AvgIpc) is 2.27. The fourth-order valence-electron chi connectivity index (χ4n) is 2.25. The summed E-state index contributed by atoms with van der Waals surface area (Å²) in [6.45, 7) is 3.49. The number of likely N-dealkylation sites (tertiary alicyclic amines) is 1. The third-order valence-corrected chi connectivity index (χ3v) is 3.42. The number of carbonyl (C=O) groups is 2. The maximum Gasteiger partial charge on any atom is 0.319 e. The molecule has 5 nitrogen and oxygen atoms in total. The summed E-state index contributed by atoms with van der Waals surface area (Å²) in [6.07, 6.45) is 5.72. The minimum atomic E-state index is -0.859. The SMILES string of the molecule is CC(CN(C)C(=O)N1CCCCCCC1)C(=O)O. The third kappa shape index (κ3) is 4.55. The normalized spacial score (nSPS) is 18.7. The van der Waals surface area contributed by atoms with Crippen LogP contribution in [-0.2, 0) is 4.79 Å². The van der Waals surface area contributed by atoms with Gasteiger partial charge in [-0.3, -0.25) is 4.79 Å². The largest absolute Gasteiger partial charge is 0.481 e. The Morgan fingerprint density at radius 1 is 1.17 bits per heavy atom. The maximum atomic E-state index is 12.2. The van der Waals surface area contributed by atoms with Gasteiger partial charge in [-0.1, -0.05) is 26.2 Å². The molecule has 0 bridgehead atoms. The van der Waals surface area contributed by atoms with Crippen LogP contribution in [0.5, 0.6) is 0 Å². The molecule has 1 rings (SSSR count). The van der Waals surface area contributed by atoms with E-state index in [-0.39, 0.29) is 12.6 Å². The van der Waals surface area contributed by atoms with E-state index in [0.29, 0.717) is 0 Å². The van der Waals surface area contributed by atoms with Crippen LogP contribution >= 0.6 is 0 Å². The van der Waals surface area contributed by atoms with E-state index >= 15 is 0 Å². The number of hydrogen-bond donors (Lipinski definition) is 1. The van der Waals surface area contributed by atoms with Crippen LogP contribution in [0, 0.1) is 5.92 Å². The van der Waals surface area contributed by atoms with E-state index in [1.165, 1.54) is 24.2 Å². The number of carbonyl (C=O) groups excluding carboxylic acids is 1. The highest BCUT2D eigenvalue weighted by atomic mass is 16.4. The van der Waals surface area contributed by atoms with Crippen molar-refractivity contribution >= 4 is 12.0 Å². The smallest absolute Gasteiger partial charge is 0.319 e. The molecule has 0 saturated carbocycles. The molecular formula is C13H24N2O3. The number of rotatable bonds is 3. The molecular weight excluding hydrogens is 232 g/mol. The van der Waals surface area contributed by atoms with Crippen LogP contribution < -0.4 is 0 Å². The summed E-state index contributed by atoms with van der Waals surface area (Å²) in [5.74, 6) is -1.38. The summed E-state index contributed by atoms with van der Waals surface area (Å²) in [4.78, 5) is 26.3. The van der Waals surface area contributed by atoms with Crippen LogP contribution in [0.2, 0.25) is 0 Å². The lowest BCUT2D eigenvalue weighted by Crippen LogP contribution is -2.44. The van der Waals surface area contributed by atoms with Gasteiger partial charge in [-0.2, -0.15) is 0 Å². The van der Waals surface area contributed by atoms with E-state index in [0.717, 1.165) is 25.9 Å². The summed E-state index contributed by atoms with van der Waals surface area (Å²) >= 11 is 0. The van der Waals surface area contributed by atoms with Crippen LogP contribution in [0.1, 0.15) is 39.0 Å². The summed E-state index contributed by atoms with van der Waals surface area (Å²) in [7, 11) is 1.68. The number of carboxylic acid groups (broad SMARTS) is 1. The van der Waals surface area contributed by atoms with Crippen molar-refractivity contribution in [2.75, 3.05) is 26.7 Å². The van der Waals surface area contributed by atoms with Crippen molar-refractivity contribution < 1.29 is 14.7 Å². The van der Waals surface area contributed by atoms with Gasteiger partial charge in [0.15, 0.2) is 0 Å². The van der Waals surface area contributed by atoms with E-state index in [2.05, 4.69) is 0 Å². The van der Waals surface area contributed by atoms with Gasteiger partial charge in [-0.05, 0) is 12.8 Å². The lowest BCUT2D eigenvalue weighted by atomic mass is 10.1. The first-order chi connectivity index (χ1) is 8.52. The molecule has 0 aromatic heterocycles. The number of hydrogen-bond acceptors (Lipinski definition) is 2. The van der Waals surface area contributed by atoms with Gasteiger partial charge in [0.25, 0.3) is 0 Å². The zero-order valence-electron chi connectivity index (χ0n) is 11.4. The second-order valence-electron chi connectivity index (χ2n) is 5.16. The second-order valence-corrected chi connectivity index (χ2v) is 5.16. The molecule has 0 radical (unpaired) electrons. The minimum Gasteiger partial charge on any atom is -0.481 e. The second kappa shape index (κ2) is 7.24. The Morgan fingerprint density at radius 2 is 1.67 bits per heavy atom. The summed E-state index contributed by atoms with van der Waals surface area (Å²) in [5.41, 5.74) is 0. The molecule has 2 amide bonds. The molecule has 0 aromatic carbocycles. The molecule has 5 heteroatoms. The van der Waals surface area contributed by atoms with E-state index in [1.807, 2.05) is 4.90 Å². The predicted molar refractivity (Wildman–Crippen MR) is 69.5 cm³/mol. The van der Waals surface area contributed by atoms with Crippen molar-refractivity contribution in [3.8, 4) is 0 Å². The van der Waals surface area contributed by atoms with Gasteiger partial charge < -0.3 is 14.9 Å². The van der Waals surface area contributed by atoms with Crippen LogP contribution in [0.4, 0.5) is 4.79 Å². The molecule has 0 spiro atoms. The Labute approximate surface area is 109 Å². The molecule has 1 aliphatic heterocycles. The molecule has 1 saturated heterocycles. The van der Waals surface area contributed by atoms with Crippen LogP contribution in [0.15, 0.2) is 0 Å². The standard InChI is InChI=1S/C13H24N2O3/c1-11(12(16)17)10-14(2)13(18)15-8-6-4-3-5-7-9-15/h11H,3-10H2,1-2H3,(H,16,17). The molecule has 1 aliphatic rings. The quantitative estimate of drug-likeness (QED) is 0.840. The van der Waals surface area contributed by atoms with Gasteiger partial charge in [0.1, 0.15) is 0 Å². The monoisotopic (exact) mass is 256 g/mol.